The van der Waals surface area contributed by atoms with E-state index in [0.717, 1.165) is 0 Å². The molecule has 19 heavy (non-hydrogen) atoms. The maximum atomic E-state index is 13.7. The normalized spacial score (nSPS) is 24.4. The number of rotatable bonds is 3. The van der Waals surface area contributed by atoms with Gasteiger partial charge in [0.25, 0.3) is 0 Å². The van der Waals surface area contributed by atoms with Crippen LogP contribution in [-0.2, 0) is 11.3 Å². The topological polar surface area (TPSA) is 60.8 Å². The minimum atomic E-state index is -1.01. The molecule has 2 atom stereocenters. The van der Waals surface area contributed by atoms with Gasteiger partial charge in [-0.1, -0.05) is 17.7 Å². The molecule has 6 heteroatoms. The molecule has 1 heterocycles. The van der Waals surface area contributed by atoms with Crippen LogP contribution in [0.2, 0.25) is 5.02 Å². The highest BCUT2D eigenvalue weighted by atomic mass is 35.5. The molecular formula is C13H15ClFNO3. The van der Waals surface area contributed by atoms with Gasteiger partial charge in [0.05, 0.1) is 6.10 Å². The van der Waals surface area contributed by atoms with E-state index in [-0.39, 0.29) is 18.0 Å². The van der Waals surface area contributed by atoms with Crippen molar-refractivity contribution in [2.75, 3.05) is 6.54 Å². The summed E-state index contributed by atoms with van der Waals surface area (Å²) in [5.41, 5.74) is 0.298. The average Bonchev–Trinajstić information content (AvgIpc) is 2.35. The molecule has 0 saturated carbocycles. The maximum Gasteiger partial charge on any atom is 0.321 e. The van der Waals surface area contributed by atoms with E-state index in [9.17, 15) is 14.3 Å². The molecule has 0 unspecified atom stereocenters. The molecule has 1 fully saturated rings. The monoisotopic (exact) mass is 287 g/mol. The van der Waals surface area contributed by atoms with E-state index in [0.29, 0.717) is 18.5 Å². The van der Waals surface area contributed by atoms with Gasteiger partial charge < -0.3 is 10.2 Å². The van der Waals surface area contributed by atoms with Gasteiger partial charge in [-0.25, -0.2) is 4.39 Å². The van der Waals surface area contributed by atoms with Crippen LogP contribution in [0.15, 0.2) is 18.2 Å². The lowest BCUT2D eigenvalue weighted by atomic mass is 9.98. The molecule has 1 aromatic rings. The van der Waals surface area contributed by atoms with Gasteiger partial charge in [-0.05, 0) is 25.0 Å². The molecule has 1 saturated heterocycles. The number of carboxylic acids is 1. The average molecular weight is 288 g/mol. The second kappa shape index (κ2) is 5.86. The highest BCUT2D eigenvalue weighted by molar-refractivity contribution is 6.31. The Morgan fingerprint density at radius 2 is 2.26 bits per heavy atom. The minimum absolute atomic E-state index is 0.134. The van der Waals surface area contributed by atoms with Crippen molar-refractivity contribution in [1.29, 1.82) is 0 Å². The quantitative estimate of drug-likeness (QED) is 0.891. The molecule has 4 nitrogen and oxygen atoms in total. The first-order chi connectivity index (χ1) is 8.99. The van der Waals surface area contributed by atoms with E-state index in [1.54, 1.807) is 11.0 Å². The van der Waals surface area contributed by atoms with Crippen molar-refractivity contribution < 1.29 is 19.4 Å². The van der Waals surface area contributed by atoms with Crippen LogP contribution in [0, 0.1) is 5.82 Å². The van der Waals surface area contributed by atoms with Crippen LogP contribution in [0.25, 0.3) is 0 Å². The summed E-state index contributed by atoms with van der Waals surface area (Å²) in [4.78, 5) is 12.8. The van der Waals surface area contributed by atoms with Crippen LogP contribution in [-0.4, -0.2) is 39.8 Å². The van der Waals surface area contributed by atoms with Gasteiger partial charge in [0.15, 0.2) is 0 Å². The van der Waals surface area contributed by atoms with E-state index >= 15 is 0 Å². The predicted octanol–water partition coefficient (Wildman–Crippen LogP) is 1.89. The van der Waals surface area contributed by atoms with Crippen molar-refractivity contribution >= 4 is 17.6 Å². The molecule has 1 aromatic carbocycles. The first kappa shape index (κ1) is 14.2. The third kappa shape index (κ3) is 3.23. The number of nitrogens with zero attached hydrogens (tertiary/aromatic N) is 1. The lowest BCUT2D eigenvalue weighted by Crippen LogP contribution is -2.48. The molecule has 0 spiro atoms. The minimum Gasteiger partial charge on any atom is -0.480 e. The summed E-state index contributed by atoms with van der Waals surface area (Å²) in [6.07, 6.45) is 0.0190. The number of hydrogen-bond donors (Lipinski definition) is 2. The summed E-state index contributed by atoms with van der Waals surface area (Å²) in [5.74, 6) is -1.45. The molecule has 2 rings (SSSR count). The molecule has 1 aliphatic heterocycles. The number of likely N-dealkylation sites (tertiary alicyclic amines) is 1. The second-order valence-electron chi connectivity index (χ2n) is 4.70. The number of piperidine rings is 1. The first-order valence-corrected chi connectivity index (χ1v) is 6.44. The van der Waals surface area contributed by atoms with Crippen molar-refractivity contribution in [3.05, 3.63) is 34.6 Å². The van der Waals surface area contributed by atoms with Crippen LogP contribution >= 0.6 is 11.6 Å². The van der Waals surface area contributed by atoms with Gasteiger partial charge in [-0.15, -0.1) is 0 Å². The van der Waals surface area contributed by atoms with Gasteiger partial charge >= 0.3 is 5.97 Å². The van der Waals surface area contributed by atoms with Crippen molar-refractivity contribution in [2.45, 2.75) is 31.5 Å². The molecule has 104 valence electrons. The third-order valence-electron chi connectivity index (χ3n) is 3.39. The van der Waals surface area contributed by atoms with Crippen LogP contribution in [0.4, 0.5) is 4.39 Å². The fourth-order valence-corrected chi connectivity index (χ4v) is 2.55. The number of carbonyl (C=O) groups is 1. The Balaban J connectivity index is 2.19. The lowest BCUT2D eigenvalue weighted by molar-refractivity contribution is -0.147. The van der Waals surface area contributed by atoms with Gasteiger partial charge in [-0.3, -0.25) is 9.69 Å². The largest absolute Gasteiger partial charge is 0.480 e. The van der Waals surface area contributed by atoms with Crippen LogP contribution in [0.3, 0.4) is 0 Å². The maximum absolute atomic E-state index is 13.7. The van der Waals surface area contributed by atoms with Crippen molar-refractivity contribution in [3.8, 4) is 0 Å². The number of aliphatic hydroxyl groups excluding tert-OH is 1. The predicted molar refractivity (Wildman–Crippen MR) is 68.5 cm³/mol. The molecule has 0 bridgehead atoms. The zero-order chi connectivity index (χ0) is 14.0. The summed E-state index contributed by atoms with van der Waals surface area (Å²) in [5, 5.41) is 19.0. The van der Waals surface area contributed by atoms with E-state index in [1.807, 2.05) is 0 Å². The van der Waals surface area contributed by atoms with E-state index in [2.05, 4.69) is 0 Å². The van der Waals surface area contributed by atoms with Gasteiger partial charge in [0, 0.05) is 23.7 Å². The smallest absolute Gasteiger partial charge is 0.321 e. The Hall–Kier alpha value is -1.17. The zero-order valence-corrected chi connectivity index (χ0v) is 11.0. The fourth-order valence-electron chi connectivity index (χ4n) is 2.33. The SMILES string of the molecule is O=C(O)[C@H]1C[C@@H](O)CCN1Cc1c(F)cccc1Cl. The van der Waals surface area contributed by atoms with Crippen LogP contribution < -0.4 is 0 Å². The molecule has 0 amide bonds. The van der Waals surface area contributed by atoms with Crippen molar-refractivity contribution in [3.63, 3.8) is 0 Å². The van der Waals surface area contributed by atoms with Gasteiger partial charge in [0.2, 0.25) is 0 Å². The van der Waals surface area contributed by atoms with Crippen LogP contribution in [0.1, 0.15) is 18.4 Å². The van der Waals surface area contributed by atoms with E-state index in [1.165, 1.54) is 12.1 Å². The highest BCUT2D eigenvalue weighted by Gasteiger charge is 2.33. The number of hydrogen-bond acceptors (Lipinski definition) is 3. The van der Waals surface area contributed by atoms with E-state index < -0.39 is 23.9 Å². The standard InChI is InChI=1S/C13H15ClFNO3/c14-10-2-1-3-11(15)9(10)7-16-5-4-8(17)6-12(16)13(18)19/h1-3,8,12,17H,4-7H2,(H,18,19)/t8-,12+/m0/s1. The molecular weight excluding hydrogens is 273 g/mol. The molecule has 0 aliphatic carbocycles. The number of halogens is 2. The molecule has 1 aliphatic rings. The second-order valence-corrected chi connectivity index (χ2v) is 5.11. The molecule has 0 radical (unpaired) electrons. The number of benzene rings is 1. The first-order valence-electron chi connectivity index (χ1n) is 6.07. The van der Waals surface area contributed by atoms with Crippen molar-refractivity contribution in [2.24, 2.45) is 0 Å². The Kier molecular flexibility index (Phi) is 4.39. The fraction of sp³-hybridized carbons (Fsp3) is 0.462. The Morgan fingerprint density at radius 3 is 2.89 bits per heavy atom. The van der Waals surface area contributed by atoms with Gasteiger partial charge in [0.1, 0.15) is 11.9 Å². The Labute approximate surface area is 115 Å². The zero-order valence-electron chi connectivity index (χ0n) is 10.2. The highest BCUT2D eigenvalue weighted by Crippen LogP contribution is 2.25. The molecule has 2 N–H and O–H groups in total. The van der Waals surface area contributed by atoms with E-state index in [4.69, 9.17) is 16.7 Å². The number of aliphatic hydroxyl groups is 1. The third-order valence-corrected chi connectivity index (χ3v) is 3.75. The Bertz CT molecular complexity index is 463. The summed E-state index contributed by atoms with van der Waals surface area (Å²) in [7, 11) is 0. The summed E-state index contributed by atoms with van der Waals surface area (Å²) in [6, 6.07) is 3.58. The summed E-state index contributed by atoms with van der Waals surface area (Å²) < 4.78 is 13.7. The summed E-state index contributed by atoms with van der Waals surface area (Å²) >= 11 is 5.94. The molecule has 0 aromatic heterocycles. The van der Waals surface area contributed by atoms with Crippen molar-refractivity contribution in [1.82, 2.24) is 4.90 Å². The summed E-state index contributed by atoms with van der Waals surface area (Å²) in [6.45, 7) is 0.540. The lowest BCUT2D eigenvalue weighted by Gasteiger charge is -2.35. The number of aliphatic carboxylic acids is 1. The van der Waals surface area contributed by atoms with Gasteiger partial charge in [-0.2, -0.15) is 0 Å². The number of carboxylic acid groups (broad SMARTS) is 1. The van der Waals surface area contributed by atoms with Crippen LogP contribution in [0.5, 0.6) is 0 Å². The Morgan fingerprint density at radius 1 is 1.53 bits per heavy atom.